The molecule has 0 unspecified atom stereocenters. The van der Waals surface area contributed by atoms with Gasteiger partial charge in [-0.1, -0.05) is 10.6 Å². The van der Waals surface area contributed by atoms with Crippen molar-refractivity contribution in [2.75, 3.05) is 0 Å². The minimum atomic E-state index is 0.639. The van der Waals surface area contributed by atoms with E-state index in [-0.39, 0.29) is 0 Å². The Morgan fingerprint density at radius 3 is 3.27 bits per heavy atom. The quantitative estimate of drug-likeness (QED) is 0.392. The van der Waals surface area contributed by atoms with E-state index in [1.54, 1.807) is 0 Å². The summed E-state index contributed by atoms with van der Waals surface area (Å²) < 4.78 is 0. The molecule has 2 aliphatic rings. The van der Waals surface area contributed by atoms with Gasteiger partial charge in [0, 0.05) is 0 Å². The molecule has 0 fully saturated rings. The minimum Gasteiger partial charge on any atom is -0.411 e. The highest BCUT2D eigenvalue weighted by atomic mass is 16.4. The van der Waals surface area contributed by atoms with Gasteiger partial charge in [-0.2, -0.15) is 0 Å². The zero-order valence-corrected chi connectivity index (χ0v) is 5.91. The van der Waals surface area contributed by atoms with E-state index < -0.39 is 0 Å². The number of oxime groups is 1. The van der Waals surface area contributed by atoms with Crippen molar-refractivity contribution in [3.63, 3.8) is 0 Å². The third-order valence-electron chi connectivity index (χ3n) is 1.86. The maximum absolute atomic E-state index is 8.56. The van der Waals surface area contributed by atoms with Crippen LogP contribution in [0.3, 0.4) is 0 Å². The first-order valence-corrected chi connectivity index (χ1v) is 3.53. The first-order chi connectivity index (χ1) is 5.42. The van der Waals surface area contributed by atoms with Gasteiger partial charge in [-0.05, 0) is 19.3 Å². The predicted octanol–water partition coefficient (Wildman–Crippen LogP) is 0.518. The Morgan fingerprint density at radius 2 is 2.45 bits per heavy atom. The minimum absolute atomic E-state index is 0.639. The molecule has 0 aromatic heterocycles. The van der Waals surface area contributed by atoms with E-state index in [0.717, 1.165) is 30.7 Å². The maximum atomic E-state index is 8.56. The molecule has 1 heterocycles. The Bertz CT molecular complexity index is 266. The second-order valence-corrected chi connectivity index (χ2v) is 2.54. The lowest BCUT2D eigenvalue weighted by molar-refractivity contribution is 0.317. The number of rotatable bonds is 0. The van der Waals surface area contributed by atoms with Crippen molar-refractivity contribution in [2.24, 2.45) is 10.3 Å². The lowest BCUT2D eigenvalue weighted by atomic mass is 10.0. The van der Waals surface area contributed by atoms with Gasteiger partial charge in [-0.3, -0.25) is 0 Å². The number of hydrogen-bond donors (Lipinski definition) is 2. The van der Waals surface area contributed by atoms with Crippen molar-refractivity contribution >= 4 is 5.71 Å². The van der Waals surface area contributed by atoms with E-state index in [1.165, 1.54) is 0 Å². The van der Waals surface area contributed by atoms with Crippen LogP contribution in [-0.4, -0.2) is 10.9 Å². The van der Waals surface area contributed by atoms with E-state index in [0.29, 0.717) is 5.71 Å². The largest absolute Gasteiger partial charge is 0.411 e. The molecule has 2 rings (SSSR count). The van der Waals surface area contributed by atoms with Gasteiger partial charge in [0.15, 0.2) is 5.70 Å². The van der Waals surface area contributed by atoms with Crippen molar-refractivity contribution in [1.82, 2.24) is 10.6 Å². The van der Waals surface area contributed by atoms with Crippen molar-refractivity contribution in [3.8, 4) is 0 Å². The van der Waals surface area contributed by atoms with Crippen molar-refractivity contribution in [1.29, 1.82) is 0 Å². The van der Waals surface area contributed by atoms with E-state index in [4.69, 9.17) is 5.21 Å². The van der Waals surface area contributed by atoms with Crippen LogP contribution in [0.1, 0.15) is 19.3 Å². The van der Waals surface area contributed by atoms with E-state index in [2.05, 4.69) is 20.9 Å². The topological polar surface area (TPSA) is 71.1 Å². The zero-order valence-electron chi connectivity index (χ0n) is 5.91. The summed E-state index contributed by atoms with van der Waals surface area (Å²) in [5.74, 6) is 0. The van der Waals surface area contributed by atoms with Crippen LogP contribution in [0.25, 0.3) is 0 Å². The smallest absolute Gasteiger partial charge is 0.331 e. The molecule has 0 aromatic carbocycles. The van der Waals surface area contributed by atoms with Crippen LogP contribution in [0.5, 0.6) is 0 Å². The maximum Gasteiger partial charge on any atom is 0.331 e. The Kier molecular flexibility index (Phi) is 1.34. The third kappa shape index (κ3) is 0.886. The summed E-state index contributed by atoms with van der Waals surface area (Å²) in [4.78, 5) is 0. The van der Waals surface area contributed by atoms with Gasteiger partial charge in [-0.15, -0.1) is 0 Å². The van der Waals surface area contributed by atoms with Crippen LogP contribution in [-0.2, 0) is 0 Å². The van der Waals surface area contributed by atoms with Crippen LogP contribution < -0.4 is 10.6 Å². The van der Waals surface area contributed by atoms with Gasteiger partial charge in [0.05, 0.1) is 0 Å². The molecular formula is C6H8N4O+. The molecule has 5 nitrogen and oxygen atoms in total. The van der Waals surface area contributed by atoms with Crippen molar-refractivity contribution in [2.45, 2.75) is 19.3 Å². The molecule has 0 saturated heterocycles. The SMILES string of the molecule is ON=C1CCCC2=C1N=[N+]N2. The molecule has 0 atom stereocenters. The molecule has 0 spiro atoms. The van der Waals surface area contributed by atoms with Crippen molar-refractivity contribution < 1.29 is 5.21 Å². The zero-order chi connectivity index (χ0) is 7.68. The molecular weight excluding hydrogens is 144 g/mol. The summed E-state index contributed by atoms with van der Waals surface area (Å²) in [6, 6.07) is 0. The highest BCUT2D eigenvalue weighted by molar-refractivity contribution is 6.00. The average molecular weight is 152 g/mol. The van der Waals surface area contributed by atoms with Gasteiger partial charge < -0.3 is 5.21 Å². The highest BCUT2D eigenvalue weighted by Gasteiger charge is 2.29. The fourth-order valence-electron chi connectivity index (χ4n) is 1.30. The Hall–Kier alpha value is -1.39. The van der Waals surface area contributed by atoms with Crippen LogP contribution in [0.15, 0.2) is 21.7 Å². The van der Waals surface area contributed by atoms with Crippen LogP contribution in [0, 0.1) is 0 Å². The monoisotopic (exact) mass is 152 g/mol. The van der Waals surface area contributed by atoms with Crippen LogP contribution in [0.4, 0.5) is 0 Å². The van der Waals surface area contributed by atoms with E-state index in [1.807, 2.05) is 0 Å². The molecule has 5 heteroatoms. The summed E-state index contributed by atoms with van der Waals surface area (Å²) >= 11 is 0. The second kappa shape index (κ2) is 2.34. The normalized spacial score (nSPS) is 25.6. The highest BCUT2D eigenvalue weighted by Crippen LogP contribution is 2.23. The second-order valence-electron chi connectivity index (χ2n) is 2.54. The molecule has 1 aliphatic heterocycles. The Labute approximate surface area is 63.5 Å². The van der Waals surface area contributed by atoms with E-state index >= 15 is 0 Å². The fraction of sp³-hybridized carbons (Fsp3) is 0.500. The lowest BCUT2D eigenvalue weighted by Crippen LogP contribution is -2.15. The molecule has 0 saturated carbocycles. The first-order valence-electron chi connectivity index (χ1n) is 3.53. The Morgan fingerprint density at radius 1 is 1.55 bits per heavy atom. The summed E-state index contributed by atoms with van der Waals surface area (Å²) in [5.41, 5.74) is 5.10. The van der Waals surface area contributed by atoms with Crippen molar-refractivity contribution in [3.05, 3.63) is 11.4 Å². The lowest BCUT2D eigenvalue weighted by Gasteiger charge is -2.07. The first kappa shape index (κ1) is 6.33. The van der Waals surface area contributed by atoms with Crippen LogP contribution >= 0.6 is 0 Å². The number of hydrogen-bond acceptors (Lipinski definition) is 5. The molecule has 57 valence electrons. The average Bonchev–Trinajstić information content (AvgIpc) is 2.50. The van der Waals surface area contributed by atoms with Gasteiger partial charge in [0.1, 0.15) is 16.5 Å². The number of nitrogens with zero attached hydrogens (tertiary/aromatic N) is 3. The van der Waals surface area contributed by atoms with Gasteiger partial charge in [0.25, 0.3) is 0 Å². The third-order valence-corrected chi connectivity index (χ3v) is 1.86. The summed E-state index contributed by atoms with van der Waals surface area (Å²) in [7, 11) is 0. The summed E-state index contributed by atoms with van der Waals surface area (Å²) in [6.45, 7) is 0. The summed E-state index contributed by atoms with van der Waals surface area (Å²) in [6.07, 6.45) is 2.73. The predicted molar refractivity (Wildman–Crippen MR) is 37.8 cm³/mol. The van der Waals surface area contributed by atoms with Gasteiger partial charge in [0.2, 0.25) is 0 Å². The fourth-order valence-corrected chi connectivity index (χ4v) is 1.30. The molecule has 1 radical (unpaired) electrons. The van der Waals surface area contributed by atoms with Gasteiger partial charge in [-0.25, -0.2) is 0 Å². The Balaban J connectivity index is 2.38. The van der Waals surface area contributed by atoms with Crippen LogP contribution in [0.2, 0.25) is 0 Å². The molecule has 0 bridgehead atoms. The number of allylic oxidation sites excluding steroid dienone is 2. The molecule has 11 heavy (non-hydrogen) atoms. The number of nitrogens with one attached hydrogen (secondary N) is 1. The standard InChI is InChI=1S/C6H8N4O/c11-9-5-3-1-2-4-6(5)8-10-7-4/h11H,1-3H2,(H,7,8)/q+1. The van der Waals surface area contributed by atoms with Gasteiger partial charge >= 0.3 is 5.22 Å². The molecule has 0 aromatic rings. The summed E-state index contributed by atoms with van der Waals surface area (Å²) in [5, 5.41) is 19.2. The molecule has 0 amide bonds. The molecule has 1 aliphatic carbocycles. The molecule has 2 N–H and O–H groups in total. The van der Waals surface area contributed by atoms with E-state index in [9.17, 15) is 0 Å².